The molecule has 0 unspecified atom stereocenters. The lowest BCUT2D eigenvalue weighted by molar-refractivity contribution is -0.120. The molecule has 1 aliphatic heterocycles. The number of carbonyl (C=O) groups excluding carboxylic acids is 1. The second-order valence-electron chi connectivity index (χ2n) is 6.99. The van der Waals surface area contributed by atoms with Gasteiger partial charge in [0.15, 0.2) is 0 Å². The quantitative estimate of drug-likeness (QED) is 0.714. The number of carbonyl (C=O) groups is 1. The first-order valence-electron chi connectivity index (χ1n) is 8.78. The molecule has 2 aliphatic rings. The lowest BCUT2D eigenvalue weighted by Crippen LogP contribution is -2.36. The van der Waals surface area contributed by atoms with Gasteiger partial charge in [-0.2, -0.15) is 0 Å². The first-order chi connectivity index (χ1) is 12.0. The third-order valence-electron chi connectivity index (χ3n) is 5.32. The van der Waals surface area contributed by atoms with Crippen LogP contribution in [0.3, 0.4) is 0 Å². The molecule has 4 rings (SSSR count). The number of benzene rings is 2. The Morgan fingerprint density at radius 3 is 2.76 bits per heavy atom. The van der Waals surface area contributed by atoms with Gasteiger partial charge in [0.05, 0.1) is 23.8 Å². The van der Waals surface area contributed by atoms with Gasteiger partial charge in [0.1, 0.15) is 0 Å². The number of halogens is 1. The molecule has 0 spiro atoms. The predicted octanol–water partition coefficient (Wildman–Crippen LogP) is 5.38. The zero-order chi connectivity index (χ0) is 17.6. The standard InChI is InChI=1S/C21H21ClN2O/c1-13-10-19-20(11-14(13)2)24(12-15-6-3-4-8-17(15)22)21(25)16-7-5-9-18(16)23-19/h3-4,6,8,10-11,16H,5,7,9,12H2,1-2H3/t16-/m0/s1. The summed E-state index contributed by atoms with van der Waals surface area (Å²) in [5.41, 5.74) is 6.17. The summed E-state index contributed by atoms with van der Waals surface area (Å²) >= 11 is 6.36. The molecule has 0 saturated heterocycles. The molecule has 0 aromatic heterocycles. The molecule has 0 N–H and O–H groups in total. The highest BCUT2D eigenvalue weighted by Crippen LogP contribution is 2.40. The molecule has 1 amide bonds. The minimum Gasteiger partial charge on any atom is -0.305 e. The SMILES string of the molecule is Cc1cc2c(cc1C)N(Cc1ccccc1Cl)C(=O)[C@H]1CCCC1=N2. The molecule has 1 heterocycles. The minimum atomic E-state index is -0.0875. The Balaban J connectivity index is 1.85. The van der Waals surface area contributed by atoms with Crippen LogP contribution >= 0.6 is 11.6 Å². The first-order valence-corrected chi connectivity index (χ1v) is 9.16. The van der Waals surface area contributed by atoms with Crippen LogP contribution < -0.4 is 4.90 Å². The number of amides is 1. The van der Waals surface area contributed by atoms with E-state index in [9.17, 15) is 4.79 Å². The van der Waals surface area contributed by atoms with Crippen molar-refractivity contribution in [3.8, 4) is 0 Å². The van der Waals surface area contributed by atoms with Crippen molar-refractivity contribution in [1.82, 2.24) is 0 Å². The van der Waals surface area contributed by atoms with Gasteiger partial charge in [-0.05, 0) is 68.0 Å². The van der Waals surface area contributed by atoms with Crippen molar-refractivity contribution >= 4 is 34.6 Å². The first kappa shape index (κ1) is 16.3. The second kappa shape index (κ2) is 6.30. The van der Waals surface area contributed by atoms with Crippen LogP contribution in [0.15, 0.2) is 41.4 Å². The molecular formula is C21H21ClN2O. The monoisotopic (exact) mass is 352 g/mol. The third kappa shape index (κ3) is 2.87. The van der Waals surface area contributed by atoms with Crippen molar-refractivity contribution in [3.05, 3.63) is 58.1 Å². The van der Waals surface area contributed by atoms with E-state index in [-0.39, 0.29) is 11.8 Å². The number of anilines is 1. The van der Waals surface area contributed by atoms with Gasteiger partial charge < -0.3 is 4.90 Å². The van der Waals surface area contributed by atoms with Gasteiger partial charge in [-0.1, -0.05) is 29.8 Å². The third-order valence-corrected chi connectivity index (χ3v) is 5.69. The van der Waals surface area contributed by atoms with E-state index in [4.69, 9.17) is 16.6 Å². The molecule has 1 fully saturated rings. The zero-order valence-electron chi connectivity index (χ0n) is 14.6. The Bertz CT molecular complexity index is 887. The molecule has 25 heavy (non-hydrogen) atoms. The summed E-state index contributed by atoms with van der Waals surface area (Å²) in [7, 11) is 0. The average molecular weight is 353 g/mol. The fraction of sp³-hybridized carbons (Fsp3) is 0.333. The summed E-state index contributed by atoms with van der Waals surface area (Å²) < 4.78 is 0. The molecule has 2 aromatic rings. The molecule has 0 bridgehead atoms. The largest absolute Gasteiger partial charge is 0.305 e. The van der Waals surface area contributed by atoms with E-state index in [0.29, 0.717) is 11.6 Å². The topological polar surface area (TPSA) is 32.7 Å². The normalized spacial score (nSPS) is 19.3. The fourth-order valence-electron chi connectivity index (χ4n) is 3.74. The molecule has 4 heteroatoms. The van der Waals surface area contributed by atoms with Crippen LogP contribution in [0, 0.1) is 19.8 Å². The summed E-state index contributed by atoms with van der Waals surface area (Å²) in [6.45, 7) is 4.65. The Hall–Kier alpha value is -2.13. The van der Waals surface area contributed by atoms with Gasteiger partial charge in [0.2, 0.25) is 5.91 Å². The number of rotatable bonds is 2. The van der Waals surface area contributed by atoms with Gasteiger partial charge in [-0.15, -0.1) is 0 Å². The summed E-state index contributed by atoms with van der Waals surface area (Å²) in [6.07, 6.45) is 2.85. The Morgan fingerprint density at radius 2 is 1.96 bits per heavy atom. The van der Waals surface area contributed by atoms with Gasteiger partial charge in [-0.3, -0.25) is 9.79 Å². The highest BCUT2D eigenvalue weighted by molar-refractivity contribution is 6.31. The van der Waals surface area contributed by atoms with Gasteiger partial charge in [0, 0.05) is 10.7 Å². The molecule has 0 radical (unpaired) electrons. The Labute approximate surface area is 153 Å². The predicted molar refractivity (Wildman–Crippen MR) is 103 cm³/mol. The van der Waals surface area contributed by atoms with Crippen LogP contribution in [-0.2, 0) is 11.3 Å². The smallest absolute Gasteiger partial charge is 0.236 e. The lowest BCUT2D eigenvalue weighted by Gasteiger charge is -2.26. The van der Waals surface area contributed by atoms with E-state index in [1.807, 2.05) is 29.2 Å². The molecule has 1 saturated carbocycles. The lowest BCUT2D eigenvalue weighted by atomic mass is 10.0. The number of nitrogens with zero attached hydrogens (tertiary/aromatic N) is 2. The van der Waals surface area contributed by atoms with Crippen molar-refractivity contribution in [2.24, 2.45) is 10.9 Å². The summed E-state index contributed by atoms with van der Waals surface area (Å²) in [4.78, 5) is 20.1. The average Bonchev–Trinajstić information content (AvgIpc) is 3.01. The maximum absolute atomic E-state index is 13.3. The highest BCUT2D eigenvalue weighted by atomic mass is 35.5. The van der Waals surface area contributed by atoms with Crippen LogP contribution in [0.1, 0.15) is 36.0 Å². The maximum atomic E-state index is 13.3. The van der Waals surface area contributed by atoms with E-state index < -0.39 is 0 Å². The maximum Gasteiger partial charge on any atom is 0.236 e. The summed E-state index contributed by atoms with van der Waals surface area (Å²) in [6, 6.07) is 11.9. The Kier molecular flexibility index (Phi) is 4.12. The number of aryl methyl sites for hydroxylation is 2. The molecular weight excluding hydrogens is 332 g/mol. The van der Waals surface area contributed by atoms with E-state index in [1.165, 1.54) is 11.1 Å². The van der Waals surface area contributed by atoms with Gasteiger partial charge in [-0.25, -0.2) is 0 Å². The number of hydrogen-bond donors (Lipinski definition) is 0. The van der Waals surface area contributed by atoms with Crippen molar-refractivity contribution in [3.63, 3.8) is 0 Å². The van der Waals surface area contributed by atoms with Crippen LogP contribution in [0.25, 0.3) is 0 Å². The van der Waals surface area contributed by atoms with Crippen LogP contribution in [-0.4, -0.2) is 11.6 Å². The molecule has 2 aromatic carbocycles. The number of hydrogen-bond acceptors (Lipinski definition) is 2. The minimum absolute atomic E-state index is 0.0875. The molecule has 3 nitrogen and oxygen atoms in total. The van der Waals surface area contributed by atoms with Crippen molar-refractivity contribution in [2.45, 2.75) is 39.7 Å². The Morgan fingerprint density at radius 1 is 1.20 bits per heavy atom. The molecule has 128 valence electrons. The summed E-state index contributed by atoms with van der Waals surface area (Å²) in [5.74, 6) is 0.0636. The second-order valence-corrected chi connectivity index (χ2v) is 7.40. The summed E-state index contributed by atoms with van der Waals surface area (Å²) in [5, 5.41) is 0.692. The number of fused-ring (bicyclic) bond motifs is 2. The van der Waals surface area contributed by atoms with Crippen molar-refractivity contribution in [2.75, 3.05) is 4.90 Å². The van der Waals surface area contributed by atoms with Crippen molar-refractivity contribution < 1.29 is 4.79 Å². The van der Waals surface area contributed by atoms with Crippen molar-refractivity contribution in [1.29, 1.82) is 0 Å². The van der Waals surface area contributed by atoms with Crippen LogP contribution in [0.4, 0.5) is 11.4 Å². The fourth-order valence-corrected chi connectivity index (χ4v) is 3.94. The molecule has 1 aliphatic carbocycles. The van der Waals surface area contributed by atoms with Crippen LogP contribution in [0.5, 0.6) is 0 Å². The van der Waals surface area contributed by atoms with Crippen LogP contribution in [0.2, 0.25) is 5.02 Å². The van der Waals surface area contributed by atoms with E-state index in [2.05, 4.69) is 26.0 Å². The van der Waals surface area contributed by atoms with Gasteiger partial charge in [0.25, 0.3) is 0 Å². The zero-order valence-corrected chi connectivity index (χ0v) is 15.3. The van der Waals surface area contributed by atoms with E-state index in [0.717, 1.165) is 41.9 Å². The van der Waals surface area contributed by atoms with Gasteiger partial charge >= 0.3 is 0 Å². The van der Waals surface area contributed by atoms with E-state index >= 15 is 0 Å². The number of aliphatic imine (C=N–C) groups is 1. The van der Waals surface area contributed by atoms with E-state index in [1.54, 1.807) is 0 Å². The molecule has 1 atom stereocenters. The highest BCUT2D eigenvalue weighted by Gasteiger charge is 2.36.